The average Bonchev–Trinajstić information content (AvgIpc) is 2.96. The van der Waals surface area contributed by atoms with E-state index >= 15 is 0 Å². The number of anilines is 1. The van der Waals surface area contributed by atoms with Gasteiger partial charge >= 0.3 is 0 Å². The monoisotopic (exact) mass is 599 g/mol. The van der Waals surface area contributed by atoms with Crippen molar-refractivity contribution in [3.8, 4) is 11.5 Å². The zero-order chi connectivity index (χ0) is 30.9. The minimum atomic E-state index is -4.32. The van der Waals surface area contributed by atoms with E-state index in [0.717, 1.165) is 28.6 Å². The second-order valence-electron chi connectivity index (χ2n) is 9.85. The van der Waals surface area contributed by atoms with Crippen LogP contribution in [0.4, 0.5) is 10.1 Å². The number of hydrogen-bond acceptors (Lipinski definition) is 6. The van der Waals surface area contributed by atoms with Crippen molar-refractivity contribution in [2.24, 2.45) is 0 Å². The van der Waals surface area contributed by atoms with Gasteiger partial charge in [0.2, 0.25) is 11.8 Å². The second kappa shape index (κ2) is 14.7. The van der Waals surface area contributed by atoms with Crippen LogP contribution in [0.15, 0.2) is 77.7 Å². The number of carbonyl (C=O) groups excluding carboxylic acids is 2. The average molecular weight is 600 g/mol. The van der Waals surface area contributed by atoms with E-state index in [9.17, 15) is 22.4 Å². The van der Waals surface area contributed by atoms with E-state index in [-0.39, 0.29) is 29.1 Å². The normalized spacial score (nSPS) is 12.0. The van der Waals surface area contributed by atoms with Gasteiger partial charge in [-0.05, 0) is 93.4 Å². The van der Waals surface area contributed by atoms with Gasteiger partial charge in [-0.2, -0.15) is 0 Å². The zero-order valence-electron chi connectivity index (χ0n) is 24.5. The summed E-state index contributed by atoms with van der Waals surface area (Å²) in [4.78, 5) is 28.5. The Morgan fingerprint density at radius 1 is 0.952 bits per heavy atom. The first-order valence-electron chi connectivity index (χ1n) is 13.7. The highest BCUT2D eigenvalue weighted by Gasteiger charge is 2.34. The molecule has 3 aromatic carbocycles. The molecule has 0 fully saturated rings. The zero-order valence-corrected chi connectivity index (χ0v) is 25.4. The van der Waals surface area contributed by atoms with Gasteiger partial charge in [-0.3, -0.25) is 13.9 Å². The number of nitrogens with one attached hydrogen (secondary N) is 1. The summed E-state index contributed by atoms with van der Waals surface area (Å²) in [6.45, 7) is 7.11. The molecule has 0 spiro atoms. The van der Waals surface area contributed by atoms with Gasteiger partial charge in [0, 0.05) is 12.6 Å². The molecule has 0 aliphatic rings. The number of amides is 2. The molecule has 1 atom stereocenters. The highest BCUT2D eigenvalue weighted by Crippen LogP contribution is 2.27. The molecule has 0 saturated heterocycles. The molecular formula is C31H38FN3O6S. The Bertz CT molecular complexity index is 1450. The van der Waals surface area contributed by atoms with Gasteiger partial charge in [0.25, 0.3) is 10.0 Å². The predicted molar refractivity (Wildman–Crippen MR) is 159 cm³/mol. The van der Waals surface area contributed by atoms with E-state index in [0.29, 0.717) is 30.1 Å². The van der Waals surface area contributed by atoms with Crippen LogP contribution >= 0.6 is 0 Å². The number of halogens is 1. The Hall–Kier alpha value is -4.12. The van der Waals surface area contributed by atoms with Gasteiger partial charge in [-0.1, -0.05) is 19.1 Å². The largest absolute Gasteiger partial charge is 0.497 e. The van der Waals surface area contributed by atoms with E-state index in [1.165, 1.54) is 24.1 Å². The smallest absolute Gasteiger partial charge is 0.264 e. The van der Waals surface area contributed by atoms with Gasteiger partial charge in [0.1, 0.15) is 29.9 Å². The van der Waals surface area contributed by atoms with E-state index in [1.807, 2.05) is 20.8 Å². The molecule has 0 aliphatic carbocycles. The van der Waals surface area contributed by atoms with Crippen molar-refractivity contribution in [2.75, 3.05) is 24.6 Å². The maximum absolute atomic E-state index is 14.1. The molecule has 0 bridgehead atoms. The number of nitrogens with zero attached hydrogens (tertiary/aromatic N) is 2. The molecule has 9 nitrogen and oxygen atoms in total. The van der Waals surface area contributed by atoms with Crippen LogP contribution in [-0.2, 0) is 26.2 Å². The van der Waals surface area contributed by atoms with Crippen LogP contribution in [-0.4, -0.2) is 57.5 Å². The van der Waals surface area contributed by atoms with Crippen LogP contribution < -0.4 is 19.1 Å². The summed E-state index contributed by atoms with van der Waals surface area (Å²) in [6, 6.07) is 16.7. The van der Waals surface area contributed by atoms with Crippen LogP contribution in [0, 0.1) is 5.82 Å². The van der Waals surface area contributed by atoms with E-state index in [2.05, 4.69) is 5.32 Å². The summed E-state index contributed by atoms with van der Waals surface area (Å²) in [5.41, 5.74) is 0.907. The van der Waals surface area contributed by atoms with Crippen molar-refractivity contribution < 1.29 is 31.9 Å². The molecule has 0 saturated carbocycles. The molecule has 0 aromatic heterocycles. The van der Waals surface area contributed by atoms with Crippen molar-refractivity contribution >= 4 is 27.5 Å². The van der Waals surface area contributed by atoms with Crippen LogP contribution in [0.25, 0.3) is 0 Å². The number of hydrogen-bond donors (Lipinski definition) is 1. The van der Waals surface area contributed by atoms with Crippen LogP contribution in [0.3, 0.4) is 0 Å². The molecule has 11 heteroatoms. The van der Waals surface area contributed by atoms with Gasteiger partial charge in [0.05, 0.1) is 24.3 Å². The first-order chi connectivity index (χ1) is 20.0. The fourth-order valence-corrected chi connectivity index (χ4v) is 5.82. The fourth-order valence-electron chi connectivity index (χ4n) is 4.41. The minimum Gasteiger partial charge on any atom is -0.497 e. The van der Waals surface area contributed by atoms with Gasteiger partial charge in [-0.15, -0.1) is 0 Å². The number of sulfonamides is 1. The first kappa shape index (κ1) is 32.4. The summed E-state index contributed by atoms with van der Waals surface area (Å²) < 4.78 is 53.2. The number of carbonyl (C=O) groups is 2. The molecule has 3 rings (SSSR count). The molecule has 0 unspecified atom stereocenters. The lowest BCUT2D eigenvalue weighted by Gasteiger charge is -2.33. The maximum atomic E-state index is 14.1. The highest BCUT2D eigenvalue weighted by molar-refractivity contribution is 7.92. The molecule has 0 heterocycles. The Kier molecular flexibility index (Phi) is 11.3. The van der Waals surface area contributed by atoms with Gasteiger partial charge in [-0.25, -0.2) is 12.8 Å². The summed E-state index contributed by atoms with van der Waals surface area (Å²) >= 11 is 0. The van der Waals surface area contributed by atoms with Crippen LogP contribution in [0.2, 0.25) is 0 Å². The Balaban J connectivity index is 2.07. The van der Waals surface area contributed by atoms with Gasteiger partial charge in [0.15, 0.2) is 0 Å². The number of rotatable bonds is 14. The molecule has 42 heavy (non-hydrogen) atoms. The summed E-state index contributed by atoms with van der Waals surface area (Å²) in [6.07, 6.45) is 0.294. The molecule has 2 amide bonds. The number of methoxy groups -OCH3 is 1. The molecule has 226 valence electrons. The topological polar surface area (TPSA) is 105 Å². The Morgan fingerprint density at radius 3 is 2.19 bits per heavy atom. The van der Waals surface area contributed by atoms with Crippen molar-refractivity contribution in [2.45, 2.75) is 57.6 Å². The standard InChI is InChI=1S/C31H38FN3O6S/c1-6-29(31(37)33-22(3)4)34(20-23-9-8-10-27(19-23)40-5)30(36)21-35(25-13-15-26(16-14-25)41-7-2)42(38,39)28-17-11-24(32)12-18-28/h8-19,22,29H,6-7,20-21H2,1-5H3,(H,33,37)/t29-/m0/s1. The third kappa shape index (κ3) is 8.22. The van der Waals surface area contributed by atoms with Crippen molar-refractivity contribution in [3.05, 3.63) is 84.2 Å². The lowest BCUT2D eigenvalue weighted by Crippen LogP contribution is -2.53. The lowest BCUT2D eigenvalue weighted by atomic mass is 10.1. The number of benzene rings is 3. The molecule has 0 radical (unpaired) electrons. The predicted octanol–water partition coefficient (Wildman–Crippen LogP) is 4.76. The molecular weight excluding hydrogens is 561 g/mol. The summed E-state index contributed by atoms with van der Waals surface area (Å²) in [5, 5.41) is 2.86. The lowest BCUT2D eigenvalue weighted by molar-refractivity contribution is -0.140. The first-order valence-corrected chi connectivity index (χ1v) is 15.2. The third-order valence-corrected chi connectivity index (χ3v) is 8.21. The molecule has 0 aliphatic heterocycles. The van der Waals surface area contributed by atoms with Crippen molar-refractivity contribution in [1.29, 1.82) is 0 Å². The quantitative estimate of drug-likeness (QED) is 0.287. The van der Waals surface area contributed by atoms with E-state index < -0.39 is 34.3 Å². The molecule has 1 N–H and O–H groups in total. The Morgan fingerprint density at radius 2 is 1.62 bits per heavy atom. The van der Waals surface area contributed by atoms with Crippen molar-refractivity contribution in [1.82, 2.24) is 10.2 Å². The number of ether oxygens (including phenoxy) is 2. The third-order valence-electron chi connectivity index (χ3n) is 6.42. The van der Waals surface area contributed by atoms with E-state index in [4.69, 9.17) is 9.47 Å². The Labute approximate surface area is 247 Å². The van der Waals surface area contributed by atoms with Crippen molar-refractivity contribution in [3.63, 3.8) is 0 Å². The van der Waals surface area contributed by atoms with Crippen LogP contribution in [0.5, 0.6) is 11.5 Å². The fraction of sp³-hybridized carbons (Fsp3) is 0.355. The summed E-state index contributed by atoms with van der Waals surface area (Å²) in [5.74, 6) is -0.429. The van der Waals surface area contributed by atoms with Crippen LogP contribution in [0.1, 0.15) is 39.7 Å². The SMILES string of the molecule is CCOc1ccc(N(CC(=O)N(Cc2cccc(OC)c2)[C@@H](CC)C(=O)NC(C)C)S(=O)(=O)c2ccc(F)cc2)cc1. The second-order valence-corrected chi connectivity index (χ2v) is 11.7. The van der Waals surface area contributed by atoms with Gasteiger partial charge < -0.3 is 19.7 Å². The van der Waals surface area contributed by atoms with E-state index in [1.54, 1.807) is 43.3 Å². The molecule has 3 aromatic rings. The highest BCUT2D eigenvalue weighted by atomic mass is 32.2. The maximum Gasteiger partial charge on any atom is 0.264 e. The summed E-state index contributed by atoms with van der Waals surface area (Å²) in [7, 11) is -2.79. The minimum absolute atomic E-state index is 0.0355.